The van der Waals surface area contributed by atoms with Gasteiger partial charge in [0.15, 0.2) is 0 Å². The molecular weight excluding hydrogens is 332 g/mol. The fourth-order valence-electron chi connectivity index (χ4n) is 2.29. The molecule has 0 radical (unpaired) electrons. The number of rotatable bonds is 9. The number of carbonyl (C=O) groups excluding carboxylic acids is 2. The lowest BCUT2D eigenvalue weighted by Gasteiger charge is -2.12. The monoisotopic (exact) mass is 356 g/mol. The molecule has 0 saturated heterocycles. The summed E-state index contributed by atoms with van der Waals surface area (Å²) in [5.41, 5.74) is 1.47. The Bertz CT molecular complexity index is 746. The molecule has 0 spiro atoms. The van der Waals surface area contributed by atoms with E-state index in [1.165, 1.54) is 0 Å². The van der Waals surface area contributed by atoms with Gasteiger partial charge >= 0.3 is 0 Å². The van der Waals surface area contributed by atoms with Crippen molar-refractivity contribution in [2.75, 3.05) is 32.2 Å². The highest BCUT2D eigenvalue weighted by atomic mass is 16.5. The summed E-state index contributed by atoms with van der Waals surface area (Å²) in [5.74, 6) is 0.0225. The molecular formula is C20H24N2O4. The summed E-state index contributed by atoms with van der Waals surface area (Å²) in [5, 5.41) is 5.63. The van der Waals surface area contributed by atoms with Crippen LogP contribution in [0.5, 0.6) is 5.75 Å². The van der Waals surface area contributed by atoms with Crippen LogP contribution in [0.25, 0.3) is 0 Å². The topological polar surface area (TPSA) is 76.7 Å². The molecule has 26 heavy (non-hydrogen) atoms. The molecule has 0 heterocycles. The summed E-state index contributed by atoms with van der Waals surface area (Å²) in [6.07, 6.45) is 0.863. The molecule has 0 fully saturated rings. The van der Waals surface area contributed by atoms with Gasteiger partial charge in [0.05, 0.1) is 12.2 Å². The van der Waals surface area contributed by atoms with Gasteiger partial charge in [-0.2, -0.15) is 0 Å². The number of hydrogen-bond donors (Lipinski definition) is 2. The van der Waals surface area contributed by atoms with Gasteiger partial charge < -0.3 is 20.1 Å². The number of methoxy groups -OCH3 is 1. The van der Waals surface area contributed by atoms with Gasteiger partial charge in [-0.15, -0.1) is 0 Å². The molecule has 0 aromatic heterocycles. The normalized spacial score (nSPS) is 10.2. The summed E-state index contributed by atoms with van der Waals surface area (Å²) in [6.45, 7) is 3.39. The van der Waals surface area contributed by atoms with E-state index in [1.54, 1.807) is 55.6 Å². The highest BCUT2D eigenvalue weighted by molar-refractivity contribution is 6.06. The van der Waals surface area contributed by atoms with Crippen molar-refractivity contribution in [1.82, 2.24) is 5.32 Å². The number of carbonyl (C=O) groups is 2. The Morgan fingerprint density at radius 3 is 2.58 bits per heavy atom. The van der Waals surface area contributed by atoms with Crippen LogP contribution >= 0.6 is 0 Å². The van der Waals surface area contributed by atoms with E-state index in [0.29, 0.717) is 42.3 Å². The number of nitrogens with one attached hydrogen (secondary N) is 2. The Labute approximate surface area is 153 Å². The van der Waals surface area contributed by atoms with Crippen LogP contribution in [0.15, 0.2) is 48.5 Å². The van der Waals surface area contributed by atoms with E-state index in [-0.39, 0.29) is 11.8 Å². The molecule has 0 aliphatic heterocycles. The zero-order valence-corrected chi connectivity index (χ0v) is 15.1. The highest BCUT2D eigenvalue weighted by Crippen LogP contribution is 2.20. The van der Waals surface area contributed by atoms with Crippen LogP contribution in [0.1, 0.15) is 34.1 Å². The number of benzene rings is 2. The van der Waals surface area contributed by atoms with Crippen LogP contribution in [0.4, 0.5) is 5.69 Å². The van der Waals surface area contributed by atoms with Crippen molar-refractivity contribution in [3.63, 3.8) is 0 Å². The standard InChI is InChI=1S/C20H24N2O4/c1-3-11-21-19(23)15-7-6-8-16(14-15)22-20(24)17-9-4-5-10-18(17)26-13-12-25-2/h4-10,14H,3,11-13H2,1-2H3,(H,21,23)(H,22,24). The number of amides is 2. The van der Waals surface area contributed by atoms with Gasteiger partial charge in [-0.25, -0.2) is 0 Å². The summed E-state index contributed by atoms with van der Waals surface area (Å²) < 4.78 is 10.6. The summed E-state index contributed by atoms with van der Waals surface area (Å²) in [6, 6.07) is 13.8. The van der Waals surface area contributed by atoms with Crippen molar-refractivity contribution >= 4 is 17.5 Å². The van der Waals surface area contributed by atoms with Crippen molar-refractivity contribution in [3.05, 3.63) is 59.7 Å². The molecule has 0 atom stereocenters. The summed E-state index contributed by atoms with van der Waals surface area (Å²) >= 11 is 0. The second-order valence-electron chi connectivity index (χ2n) is 5.63. The lowest BCUT2D eigenvalue weighted by molar-refractivity contribution is 0.0952. The van der Waals surface area contributed by atoms with Crippen molar-refractivity contribution in [1.29, 1.82) is 0 Å². The smallest absolute Gasteiger partial charge is 0.259 e. The molecule has 0 aliphatic rings. The average Bonchev–Trinajstić information content (AvgIpc) is 2.67. The summed E-state index contributed by atoms with van der Waals surface area (Å²) in [7, 11) is 1.59. The molecule has 6 heteroatoms. The van der Waals surface area contributed by atoms with Gasteiger partial charge in [0.1, 0.15) is 12.4 Å². The van der Waals surface area contributed by atoms with E-state index >= 15 is 0 Å². The van der Waals surface area contributed by atoms with Crippen molar-refractivity contribution in [2.24, 2.45) is 0 Å². The molecule has 2 rings (SSSR count). The molecule has 2 N–H and O–H groups in total. The van der Waals surface area contributed by atoms with E-state index in [4.69, 9.17) is 9.47 Å². The molecule has 2 aromatic rings. The van der Waals surface area contributed by atoms with Crippen LogP contribution in [0.2, 0.25) is 0 Å². The van der Waals surface area contributed by atoms with Gasteiger partial charge in [0, 0.05) is 24.9 Å². The predicted octanol–water partition coefficient (Wildman–Crippen LogP) is 3.10. The second kappa shape index (κ2) is 10.2. The first kappa shape index (κ1) is 19.5. The minimum absolute atomic E-state index is 0.161. The largest absolute Gasteiger partial charge is 0.490 e. The Morgan fingerprint density at radius 1 is 1.00 bits per heavy atom. The third-order valence-electron chi connectivity index (χ3n) is 3.59. The molecule has 138 valence electrons. The molecule has 2 amide bonds. The average molecular weight is 356 g/mol. The van der Waals surface area contributed by atoms with Gasteiger partial charge in [0.25, 0.3) is 11.8 Å². The van der Waals surface area contributed by atoms with Gasteiger partial charge in [-0.3, -0.25) is 9.59 Å². The predicted molar refractivity (Wildman–Crippen MR) is 101 cm³/mol. The van der Waals surface area contributed by atoms with E-state index in [2.05, 4.69) is 10.6 Å². The zero-order chi connectivity index (χ0) is 18.8. The zero-order valence-electron chi connectivity index (χ0n) is 15.1. The first-order valence-electron chi connectivity index (χ1n) is 8.56. The maximum absolute atomic E-state index is 12.6. The van der Waals surface area contributed by atoms with Crippen LogP contribution in [-0.2, 0) is 4.74 Å². The third-order valence-corrected chi connectivity index (χ3v) is 3.59. The van der Waals surface area contributed by atoms with Crippen LogP contribution < -0.4 is 15.4 Å². The first-order valence-corrected chi connectivity index (χ1v) is 8.56. The Hall–Kier alpha value is -2.86. The van der Waals surface area contributed by atoms with Crippen molar-refractivity contribution < 1.29 is 19.1 Å². The molecule has 6 nitrogen and oxygen atoms in total. The molecule has 0 aliphatic carbocycles. The van der Waals surface area contributed by atoms with E-state index in [1.807, 2.05) is 6.92 Å². The van der Waals surface area contributed by atoms with E-state index in [9.17, 15) is 9.59 Å². The van der Waals surface area contributed by atoms with Gasteiger partial charge in [-0.05, 0) is 36.8 Å². The maximum atomic E-state index is 12.6. The second-order valence-corrected chi connectivity index (χ2v) is 5.63. The van der Waals surface area contributed by atoms with E-state index in [0.717, 1.165) is 6.42 Å². The fourth-order valence-corrected chi connectivity index (χ4v) is 2.29. The molecule has 2 aromatic carbocycles. The number of hydrogen-bond acceptors (Lipinski definition) is 4. The number of para-hydroxylation sites is 1. The maximum Gasteiger partial charge on any atom is 0.259 e. The van der Waals surface area contributed by atoms with E-state index < -0.39 is 0 Å². The minimum Gasteiger partial charge on any atom is -0.490 e. The quantitative estimate of drug-likeness (QED) is 0.677. The first-order chi connectivity index (χ1) is 12.7. The number of ether oxygens (including phenoxy) is 2. The minimum atomic E-state index is -0.302. The summed E-state index contributed by atoms with van der Waals surface area (Å²) in [4.78, 5) is 24.7. The molecule has 0 saturated carbocycles. The Morgan fingerprint density at radius 2 is 1.81 bits per heavy atom. The highest BCUT2D eigenvalue weighted by Gasteiger charge is 2.13. The Kier molecular flexibility index (Phi) is 7.64. The lowest BCUT2D eigenvalue weighted by Crippen LogP contribution is -2.24. The van der Waals surface area contributed by atoms with Gasteiger partial charge in [-0.1, -0.05) is 25.1 Å². The van der Waals surface area contributed by atoms with Crippen molar-refractivity contribution in [3.8, 4) is 5.75 Å². The molecule has 0 unspecified atom stereocenters. The Balaban J connectivity index is 2.09. The van der Waals surface area contributed by atoms with Crippen LogP contribution in [0, 0.1) is 0 Å². The molecule has 0 bridgehead atoms. The van der Waals surface area contributed by atoms with Gasteiger partial charge in [0.2, 0.25) is 0 Å². The van der Waals surface area contributed by atoms with Crippen LogP contribution in [-0.4, -0.2) is 38.7 Å². The van der Waals surface area contributed by atoms with Crippen LogP contribution in [0.3, 0.4) is 0 Å². The lowest BCUT2D eigenvalue weighted by atomic mass is 10.1. The number of anilines is 1. The SMILES string of the molecule is CCCNC(=O)c1cccc(NC(=O)c2ccccc2OCCOC)c1. The third kappa shape index (κ3) is 5.60. The van der Waals surface area contributed by atoms with Crippen molar-refractivity contribution in [2.45, 2.75) is 13.3 Å². The fraction of sp³-hybridized carbons (Fsp3) is 0.300.